The van der Waals surface area contributed by atoms with Gasteiger partial charge < -0.3 is 4.90 Å². The number of ketones is 1. The second-order valence-electron chi connectivity index (χ2n) is 4.60. The zero-order valence-electron chi connectivity index (χ0n) is 11.0. The summed E-state index contributed by atoms with van der Waals surface area (Å²) in [6, 6.07) is 8.09. The van der Waals surface area contributed by atoms with Crippen molar-refractivity contribution in [2.75, 3.05) is 13.1 Å². The lowest BCUT2D eigenvalue weighted by Gasteiger charge is -2.17. The Bertz CT molecular complexity index is 479. The van der Waals surface area contributed by atoms with Gasteiger partial charge >= 0.3 is 0 Å². The number of likely N-dealkylation sites (tertiary alicyclic amines) is 1. The molecular formula is C14H17N3O2. The first kappa shape index (κ1) is 13.4. The highest BCUT2D eigenvalue weighted by molar-refractivity contribution is 6.04. The summed E-state index contributed by atoms with van der Waals surface area (Å²) in [5.74, 6) is -0.499. The molecule has 1 amide bonds. The Morgan fingerprint density at radius 1 is 1.16 bits per heavy atom. The number of nitrogens with zero attached hydrogens (tertiary/aromatic N) is 3. The first-order valence-corrected chi connectivity index (χ1v) is 6.43. The van der Waals surface area contributed by atoms with E-state index in [1.165, 1.54) is 6.92 Å². The molecule has 0 spiro atoms. The van der Waals surface area contributed by atoms with E-state index in [0.29, 0.717) is 18.8 Å². The molecule has 0 radical (unpaired) electrons. The standard InChI is InChI=1S/C14H17N3O2/c1-11(18)13(14(19)17-9-5-6-10-17)16-15-12-7-3-2-4-8-12/h2-4,7-8,13H,5-6,9-10H2,1H3. The van der Waals surface area contributed by atoms with Gasteiger partial charge in [-0.2, -0.15) is 10.2 Å². The Kier molecular flexibility index (Phi) is 4.39. The van der Waals surface area contributed by atoms with Crippen molar-refractivity contribution >= 4 is 17.4 Å². The molecule has 1 aliphatic heterocycles. The van der Waals surface area contributed by atoms with Crippen LogP contribution in [0.2, 0.25) is 0 Å². The number of hydrogen-bond acceptors (Lipinski definition) is 4. The zero-order chi connectivity index (χ0) is 13.7. The monoisotopic (exact) mass is 259 g/mol. The minimum Gasteiger partial charge on any atom is -0.340 e. The molecule has 0 bridgehead atoms. The van der Waals surface area contributed by atoms with Crippen molar-refractivity contribution in [1.29, 1.82) is 0 Å². The van der Waals surface area contributed by atoms with E-state index in [4.69, 9.17) is 0 Å². The van der Waals surface area contributed by atoms with Crippen molar-refractivity contribution < 1.29 is 9.59 Å². The summed E-state index contributed by atoms with van der Waals surface area (Å²) in [5.41, 5.74) is 0.642. The fourth-order valence-corrected chi connectivity index (χ4v) is 2.03. The molecule has 1 atom stereocenters. The summed E-state index contributed by atoms with van der Waals surface area (Å²) in [4.78, 5) is 25.4. The number of amides is 1. The molecule has 100 valence electrons. The fourth-order valence-electron chi connectivity index (χ4n) is 2.03. The fraction of sp³-hybridized carbons (Fsp3) is 0.429. The molecule has 0 aromatic heterocycles. The molecule has 2 rings (SSSR count). The second-order valence-corrected chi connectivity index (χ2v) is 4.60. The van der Waals surface area contributed by atoms with E-state index in [-0.39, 0.29) is 11.7 Å². The van der Waals surface area contributed by atoms with Crippen LogP contribution in [0.25, 0.3) is 0 Å². The van der Waals surface area contributed by atoms with Gasteiger partial charge in [-0.05, 0) is 31.9 Å². The van der Waals surface area contributed by atoms with Gasteiger partial charge in [0.1, 0.15) is 0 Å². The lowest BCUT2D eigenvalue weighted by molar-refractivity contribution is -0.135. The third kappa shape index (κ3) is 3.47. The van der Waals surface area contributed by atoms with Gasteiger partial charge in [0.25, 0.3) is 5.91 Å². The van der Waals surface area contributed by atoms with Crippen LogP contribution in [0.1, 0.15) is 19.8 Å². The molecule has 1 aliphatic rings. The summed E-state index contributed by atoms with van der Waals surface area (Å²) in [5, 5.41) is 7.90. The van der Waals surface area contributed by atoms with Gasteiger partial charge in [0.15, 0.2) is 5.78 Å². The second kappa shape index (κ2) is 6.22. The molecule has 1 aromatic rings. The van der Waals surface area contributed by atoms with Crippen LogP contribution < -0.4 is 0 Å². The quantitative estimate of drug-likeness (QED) is 0.615. The Morgan fingerprint density at radius 2 is 1.79 bits per heavy atom. The highest BCUT2D eigenvalue weighted by Crippen LogP contribution is 2.15. The van der Waals surface area contributed by atoms with Crippen molar-refractivity contribution in [2.45, 2.75) is 25.8 Å². The molecule has 0 saturated carbocycles. The van der Waals surface area contributed by atoms with E-state index in [1.807, 2.05) is 18.2 Å². The molecule has 1 heterocycles. The van der Waals surface area contributed by atoms with Crippen LogP contribution in [0, 0.1) is 0 Å². The number of azo groups is 1. The first-order chi connectivity index (χ1) is 9.18. The number of hydrogen-bond donors (Lipinski definition) is 0. The number of benzene rings is 1. The summed E-state index contributed by atoms with van der Waals surface area (Å²) < 4.78 is 0. The van der Waals surface area contributed by atoms with E-state index in [9.17, 15) is 9.59 Å². The zero-order valence-corrected chi connectivity index (χ0v) is 11.0. The van der Waals surface area contributed by atoms with Crippen LogP contribution in [0.4, 0.5) is 5.69 Å². The van der Waals surface area contributed by atoms with Crippen LogP contribution in [0.3, 0.4) is 0 Å². The maximum atomic E-state index is 12.2. The Balaban J connectivity index is 2.10. The molecule has 1 saturated heterocycles. The van der Waals surface area contributed by atoms with E-state index in [0.717, 1.165) is 12.8 Å². The van der Waals surface area contributed by atoms with Gasteiger partial charge in [0.2, 0.25) is 6.04 Å². The normalized spacial score (nSPS) is 16.8. The van der Waals surface area contributed by atoms with Crippen LogP contribution >= 0.6 is 0 Å². The smallest absolute Gasteiger partial charge is 0.257 e. The third-order valence-corrected chi connectivity index (χ3v) is 3.08. The van der Waals surface area contributed by atoms with Gasteiger partial charge in [-0.15, -0.1) is 0 Å². The van der Waals surface area contributed by atoms with Gasteiger partial charge in [0, 0.05) is 13.1 Å². The van der Waals surface area contributed by atoms with Crippen LogP contribution in [0.15, 0.2) is 40.6 Å². The molecular weight excluding hydrogens is 242 g/mol. The van der Waals surface area contributed by atoms with Gasteiger partial charge in [-0.25, -0.2) is 0 Å². The van der Waals surface area contributed by atoms with Gasteiger partial charge in [-0.1, -0.05) is 18.2 Å². The maximum absolute atomic E-state index is 12.2. The Hall–Kier alpha value is -2.04. The van der Waals surface area contributed by atoms with Gasteiger partial charge in [0.05, 0.1) is 5.69 Å². The van der Waals surface area contributed by atoms with E-state index in [1.54, 1.807) is 17.0 Å². The minimum absolute atomic E-state index is 0.232. The minimum atomic E-state index is -1.00. The van der Waals surface area contributed by atoms with Crippen LogP contribution in [0.5, 0.6) is 0 Å². The van der Waals surface area contributed by atoms with Crippen LogP contribution in [-0.2, 0) is 9.59 Å². The molecule has 5 nitrogen and oxygen atoms in total. The molecule has 1 unspecified atom stereocenters. The first-order valence-electron chi connectivity index (χ1n) is 6.43. The molecule has 1 fully saturated rings. The summed E-state index contributed by atoms with van der Waals surface area (Å²) in [6.45, 7) is 2.80. The third-order valence-electron chi connectivity index (χ3n) is 3.08. The summed E-state index contributed by atoms with van der Waals surface area (Å²) in [7, 11) is 0. The molecule has 19 heavy (non-hydrogen) atoms. The molecule has 5 heteroatoms. The van der Waals surface area contributed by atoms with Crippen LogP contribution in [-0.4, -0.2) is 35.7 Å². The van der Waals surface area contributed by atoms with Crippen molar-refractivity contribution in [3.63, 3.8) is 0 Å². The lowest BCUT2D eigenvalue weighted by Crippen LogP contribution is -2.39. The highest BCUT2D eigenvalue weighted by atomic mass is 16.2. The van der Waals surface area contributed by atoms with Crippen molar-refractivity contribution in [3.8, 4) is 0 Å². The Labute approximate surface area is 112 Å². The topological polar surface area (TPSA) is 62.1 Å². The number of carbonyl (C=O) groups excluding carboxylic acids is 2. The number of carbonyl (C=O) groups is 2. The van der Waals surface area contributed by atoms with Crippen molar-refractivity contribution in [1.82, 2.24) is 4.90 Å². The molecule has 0 N–H and O–H groups in total. The molecule has 0 aliphatic carbocycles. The SMILES string of the molecule is CC(=O)C(N=Nc1ccccc1)C(=O)N1CCCC1. The van der Waals surface area contributed by atoms with Gasteiger partial charge in [-0.3, -0.25) is 9.59 Å². The average Bonchev–Trinajstić information content (AvgIpc) is 2.93. The molecule has 1 aromatic carbocycles. The van der Waals surface area contributed by atoms with E-state index in [2.05, 4.69) is 10.2 Å². The summed E-state index contributed by atoms with van der Waals surface area (Å²) >= 11 is 0. The predicted octanol–water partition coefficient (Wildman–Crippen LogP) is 2.35. The lowest BCUT2D eigenvalue weighted by atomic mass is 10.2. The highest BCUT2D eigenvalue weighted by Gasteiger charge is 2.29. The number of rotatable bonds is 4. The average molecular weight is 259 g/mol. The Morgan fingerprint density at radius 3 is 2.37 bits per heavy atom. The maximum Gasteiger partial charge on any atom is 0.257 e. The predicted molar refractivity (Wildman–Crippen MR) is 71.2 cm³/mol. The van der Waals surface area contributed by atoms with Crippen molar-refractivity contribution in [2.24, 2.45) is 10.2 Å². The van der Waals surface area contributed by atoms with E-state index >= 15 is 0 Å². The summed E-state index contributed by atoms with van der Waals surface area (Å²) in [6.07, 6.45) is 1.98. The van der Waals surface area contributed by atoms with Crippen molar-refractivity contribution in [3.05, 3.63) is 30.3 Å². The largest absolute Gasteiger partial charge is 0.340 e. The van der Waals surface area contributed by atoms with E-state index < -0.39 is 6.04 Å². The number of Topliss-reactive ketones (excluding diaryl/α,β-unsaturated/α-hetero) is 1.